The molecule has 0 bridgehead atoms. The van der Waals surface area contributed by atoms with Gasteiger partial charge in [0.1, 0.15) is 0 Å². The van der Waals surface area contributed by atoms with E-state index < -0.39 is 0 Å². The normalized spacial score (nSPS) is 10.6. The van der Waals surface area contributed by atoms with Crippen molar-refractivity contribution in [2.45, 2.75) is 25.7 Å². The first-order valence-electron chi connectivity index (χ1n) is 5.75. The standard InChI is InChI=1S/C13H20N2OS/c1-9(2)7-15-13(16)8-17-12-6-4-5-11(14)10(12)3/h4-6,9H,7-8,14H2,1-3H3,(H,15,16). The first-order chi connectivity index (χ1) is 8.00. The summed E-state index contributed by atoms with van der Waals surface area (Å²) in [6, 6.07) is 5.78. The van der Waals surface area contributed by atoms with Gasteiger partial charge in [-0.2, -0.15) is 0 Å². The van der Waals surface area contributed by atoms with Gasteiger partial charge in [-0.15, -0.1) is 11.8 Å². The monoisotopic (exact) mass is 252 g/mol. The molecule has 1 aromatic rings. The van der Waals surface area contributed by atoms with Gasteiger partial charge in [0.15, 0.2) is 0 Å². The molecule has 0 radical (unpaired) electrons. The SMILES string of the molecule is Cc1c(N)cccc1SCC(=O)NCC(C)C. The number of hydrogen-bond donors (Lipinski definition) is 2. The van der Waals surface area contributed by atoms with Crippen LogP contribution in [0.1, 0.15) is 19.4 Å². The van der Waals surface area contributed by atoms with Crippen LogP contribution in [-0.2, 0) is 4.79 Å². The van der Waals surface area contributed by atoms with E-state index in [1.54, 1.807) is 0 Å². The van der Waals surface area contributed by atoms with Gasteiger partial charge in [-0.05, 0) is 30.5 Å². The highest BCUT2D eigenvalue weighted by Gasteiger charge is 2.06. The molecule has 3 nitrogen and oxygen atoms in total. The summed E-state index contributed by atoms with van der Waals surface area (Å²) in [5, 5.41) is 2.90. The largest absolute Gasteiger partial charge is 0.398 e. The lowest BCUT2D eigenvalue weighted by atomic mass is 10.2. The summed E-state index contributed by atoms with van der Waals surface area (Å²) in [6.45, 7) is 6.87. The zero-order valence-electron chi connectivity index (χ0n) is 10.6. The number of rotatable bonds is 5. The van der Waals surface area contributed by atoms with Crippen molar-refractivity contribution in [3.63, 3.8) is 0 Å². The van der Waals surface area contributed by atoms with E-state index in [9.17, 15) is 4.79 Å². The number of carbonyl (C=O) groups is 1. The van der Waals surface area contributed by atoms with Gasteiger partial charge in [0.05, 0.1) is 5.75 Å². The molecule has 0 spiro atoms. The third-order valence-electron chi connectivity index (χ3n) is 2.39. The van der Waals surface area contributed by atoms with Gasteiger partial charge in [-0.1, -0.05) is 19.9 Å². The first kappa shape index (κ1) is 13.9. The minimum Gasteiger partial charge on any atom is -0.398 e. The van der Waals surface area contributed by atoms with Gasteiger partial charge < -0.3 is 11.1 Å². The van der Waals surface area contributed by atoms with E-state index in [0.717, 1.165) is 22.7 Å². The third kappa shape index (κ3) is 4.69. The average molecular weight is 252 g/mol. The van der Waals surface area contributed by atoms with Crippen molar-refractivity contribution in [2.75, 3.05) is 18.0 Å². The summed E-state index contributed by atoms with van der Waals surface area (Å²) in [7, 11) is 0. The Balaban J connectivity index is 2.45. The third-order valence-corrected chi connectivity index (χ3v) is 3.55. The molecule has 0 aromatic heterocycles. The van der Waals surface area contributed by atoms with Crippen molar-refractivity contribution in [1.29, 1.82) is 0 Å². The number of thioether (sulfide) groups is 1. The maximum Gasteiger partial charge on any atom is 0.230 e. The maximum absolute atomic E-state index is 11.6. The molecule has 1 amide bonds. The number of nitrogens with two attached hydrogens (primary N) is 1. The Morgan fingerprint density at radius 2 is 2.18 bits per heavy atom. The van der Waals surface area contributed by atoms with Crippen molar-refractivity contribution < 1.29 is 4.79 Å². The lowest BCUT2D eigenvalue weighted by molar-refractivity contribution is -0.118. The van der Waals surface area contributed by atoms with E-state index in [1.807, 2.05) is 25.1 Å². The number of hydrogen-bond acceptors (Lipinski definition) is 3. The zero-order valence-corrected chi connectivity index (χ0v) is 11.4. The highest BCUT2D eigenvalue weighted by molar-refractivity contribution is 8.00. The molecule has 17 heavy (non-hydrogen) atoms. The predicted molar refractivity (Wildman–Crippen MR) is 74.2 cm³/mol. The Morgan fingerprint density at radius 3 is 2.82 bits per heavy atom. The van der Waals surface area contributed by atoms with Crippen molar-refractivity contribution in [2.24, 2.45) is 5.92 Å². The van der Waals surface area contributed by atoms with E-state index in [4.69, 9.17) is 5.73 Å². The number of anilines is 1. The second-order valence-corrected chi connectivity index (χ2v) is 5.47. The molecule has 0 fully saturated rings. The fraction of sp³-hybridized carbons (Fsp3) is 0.462. The van der Waals surface area contributed by atoms with Crippen LogP contribution in [0.3, 0.4) is 0 Å². The second kappa shape index (κ2) is 6.55. The molecule has 4 heteroatoms. The fourth-order valence-electron chi connectivity index (χ4n) is 1.30. The van der Waals surface area contributed by atoms with Crippen LogP contribution in [-0.4, -0.2) is 18.2 Å². The summed E-state index contributed by atoms with van der Waals surface area (Å²) in [6.07, 6.45) is 0. The topological polar surface area (TPSA) is 55.1 Å². The van der Waals surface area contributed by atoms with Crippen molar-refractivity contribution in [3.05, 3.63) is 23.8 Å². The lowest BCUT2D eigenvalue weighted by Crippen LogP contribution is -2.28. The minimum atomic E-state index is 0.0746. The van der Waals surface area contributed by atoms with Crippen LogP contribution in [0.5, 0.6) is 0 Å². The van der Waals surface area contributed by atoms with E-state index in [0.29, 0.717) is 11.7 Å². The highest BCUT2D eigenvalue weighted by atomic mass is 32.2. The molecular formula is C13H20N2OS. The molecule has 3 N–H and O–H groups in total. The van der Waals surface area contributed by atoms with Crippen LogP contribution >= 0.6 is 11.8 Å². The number of amides is 1. The Kier molecular flexibility index (Phi) is 5.35. The zero-order chi connectivity index (χ0) is 12.8. The smallest absolute Gasteiger partial charge is 0.230 e. The molecule has 1 aromatic carbocycles. The van der Waals surface area contributed by atoms with Crippen LogP contribution < -0.4 is 11.1 Å². The minimum absolute atomic E-state index is 0.0746. The van der Waals surface area contributed by atoms with Gasteiger partial charge in [0, 0.05) is 17.1 Å². The highest BCUT2D eigenvalue weighted by Crippen LogP contribution is 2.25. The maximum atomic E-state index is 11.6. The van der Waals surface area contributed by atoms with E-state index in [1.165, 1.54) is 11.8 Å². The van der Waals surface area contributed by atoms with E-state index in [-0.39, 0.29) is 5.91 Å². The Labute approximate surface area is 107 Å². The molecule has 0 aliphatic rings. The molecule has 0 saturated heterocycles. The van der Waals surface area contributed by atoms with Crippen molar-refractivity contribution in [3.8, 4) is 0 Å². The van der Waals surface area contributed by atoms with Crippen molar-refractivity contribution >= 4 is 23.4 Å². The van der Waals surface area contributed by atoms with Gasteiger partial charge in [-0.3, -0.25) is 4.79 Å². The van der Waals surface area contributed by atoms with Crippen LogP contribution in [0.25, 0.3) is 0 Å². The van der Waals surface area contributed by atoms with Gasteiger partial charge in [-0.25, -0.2) is 0 Å². The molecular weight excluding hydrogens is 232 g/mol. The number of benzene rings is 1. The second-order valence-electron chi connectivity index (χ2n) is 4.46. The molecule has 0 atom stereocenters. The van der Waals surface area contributed by atoms with Gasteiger partial charge >= 0.3 is 0 Å². The fourth-order valence-corrected chi connectivity index (χ4v) is 2.20. The Morgan fingerprint density at radius 1 is 1.47 bits per heavy atom. The van der Waals surface area contributed by atoms with Crippen molar-refractivity contribution in [1.82, 2.24) is 5.32 Å². The summed E-state index contributed by atoms with van der Waals surface area (Å²) in [5.41, 5.74) is 7.64. The average Bonchev–Trinajstić information content (AvgIpc) is 2.28. The lowest BCUT2D eigenvalue weighted by Gasteiger charge is -2.09. The van der Waals surface area contributed by atoms with Gasteiger partial charge in [0.2, 0.25) is 5.91 Å². The predicted octanol–water partition coefficient (Wildman–Crippen LogP) is 2.44. The van der Waals surface area contributed by atoms with Crippen LogP contribution in [0.15, 0.2) is 23.1 Å². The summed E-state index contributed by atoms with van der Waals surface area (Å²) in [5.74, 6) is 1.00. The molecule has 1 rings (SSSR count). The summed E-state index contributed by atoms with van der Waals surface area (Å²) in [4.78, 5) is 12.6. The Bertz CT molecular complexity index is 391. The molecule has 0 aliphatic carbocycles. The summed E-state index contributed by atoms with van der Waals surface area (Å²) >= 11 is 1.53. The van der Waals surface area contributed by atoms with Crippen LogP contribution in [0.4, 0.5) is 5.69 Å². The van der Waals surface area contributed by atoms with Crippen LogP contribution in [0.2, 0.25) is 0 Å². The quantitative estimate of drug-likeness (QED) is 0.625. The van der Waals surface area contributed by atoms with E-state index >= 15 is 0 Å². The molecule has 0 saturated carbocycles. The number of nitrogen functional groups attached to an aromatic ring is 1. The molecule has 0 unspecified atom stereocenters. The number of nitrogens with one attached hydrogen (secondary N) is 1. The number of carbonyl (C=O) groups excluding carboxylic acids is 1. The summed E-state index contributed by atoms with van der Waals surface area (Å²) < 4.78 is 0. The molecule has 0 heterocycles. The van der Waals surface area contributed by atoms with Crippen LogP contribution in [0, 0.1) is 12.8 Å². The Hall–Kier alpha value is -1.16. The van der Waals surface area contributed by atoms with E-state index in [2.05, 4.69) is 19.2 Å². The molecule has 94 valence electrons. The molecule has 0 aliphatic heterocycles. The van der Waals surface area contributed by atoms with Gasteiger partial charge in [0.25, 0.3) is 0 Å². The first-order valence-corrected chi connectivity index (χ1v) is 6.74.